The quantitative estimate of drug-likeness (QED) is 0.131. The minimum atomic E-state index is -1.97. The van der Waals surface area contributed by atoms with Gasteiger partial charge in [0, 0.05) is 26.3 Å². The van der Waals surface area contributed by atoms with E-state index in [0.717, 1.165) is 67.0 Å². The molecule has 4 aromatic heterocycles. The van der Waals surface area contributed by atoms with Gasteiger partial charge in [-0.25, -0.2) is 0 Å². The first kappa shape index (κ1) is 31.6. The van der Waals surface area contributed by atoms with E-state index < -0.39 is 13.3 Å². The standard InChI is InChI=1S/C28H24GeN3O.C11H8N.Ir/c1-18-26-24(15-16-30-18)32(20-9-6-5-7-10-20)28(31-26)23-12-8-11-22-21-14-13-19(29(2,3)4)17-25(21)33-27(22)23;1-2-6-10(7-3-1)11-8-4-5-9-12-11;/h5-11,13-17H,1-4H3;1-6,8-9H;/q2*-1;. The molecule has 7 heteroatoms. The van der Waals surface area contributed by atoms with Crippen LogP contribution in [0.25, 0.3) is 61.3 Å². The number of nitrogens with zero attached hydrogens (tertiary/aromatic N) is 4. The maximum Gasteiger partial charge on any atom is 0.0160 e. The Labute approximate surface area is 285 Å². The molecular formula is C39H32GeIrN4O-2. The zero-order valence-electron chi connectivity index (χ0n) is 26.1. The van der Waals surface area contributed by atoms with Crippen molar-refractivity contribution in [3.63, 3.8) is 0 Å². The van der Waals surface area contributed by atoms with Gasteiger partial charge in [-0.2, -0.15) is 0 Å². The monoisotopic (exact) mass is 839 g/mol. The van der Waals surface area contributed by atoms with Crippen LogP contribution in [-0.4, -0.2) is 32.8 Å². The van der Waals surface area contributed by atoms with Crippen LogP contribution >= 0.6 is 0 Å². The Morgan fingerprint density at radius 2 is 1.54 bits per heavy atom. The zero-order valence-corrected chi connectivity index (χ0v) is 30.6. The third-order valence-corrected chi connectivity index (χ3v) is 12.2. The molecule has 0 saturated carbocycles. The Kier molecular flexibility index (Phi) is 9.05. The molecule has 8 rings (SSSR count). The first-order valence-corrected chi connectivity index (χ1v) is 22.4. The summed E-state index contributed by atoms with van der Waals surface area (Å²) in [6, 6.07) is 43.4. The molecule has 0 aliphatic carbocycles. The summed E-state index contributed by atoms with van der Waals surface area (Å²) >= 11 is -1.97. The van der Waals surface area contributed by atoms with Gasteiger partial charge in [0.1, 0.15) is 0 Å². The van der Waals surface area contributed by atoms with E-state index in [0.29, 0.717) is 0 Å². The molecule has 5 nitrogen and oxygen atoms in total. The summed E-state index contributed by atoms with van der Waals surface area (Å²) in [6.07, 6.45) is 3.63. The van der Waals surface area contributed by atoms with E-state index >= 15 is 0 Å². The normalized spacial score (nSPS) is 11.3. The summed E-state index contributed by atoms with van der Waals surface area (Å²) in [5, 5.41) is 2.23. The molecule has 0 bridgehead atoms. The topological polar surface area (TPSA) is 56.7 Å². The van der Waals surface area contributed by atoms with E-state index in [1.165, 1.54) is 4.40 Å². The third kappa shape index (κ3) is 6.08. The van der Waals surface area contributed by atoms with Crippen LogP contribution in [0, 0.1) is 19.1 Å². The summed E-state index contributed by atoms with van der Waals surface area (Å²) in [4.78, 5) is 13.7. The van der Waals surface area contributed by atoms with Crippen molar-refractivity contribution in [2.45, 2.75) is 24.2 Å². The number of hydrogen-bond donors (Lipinski definition) is 0. The van der Waals surface area contributed by atoms with Gasteiger partial charge in [-0.1, -0.05) is 12.1 Å². The number of aryl methyl sites for hydroxylation is 1. The summed E-state index contributed by atoms with van der Waals surface area (Å²) in [5.74, 6) is 8.02. The Morgan fingerprint density at radius 3 is 2.28 bits per heavy atom. The van der Waals surface area contributed by atoms with Crippen LogP contribution in [-0.2, 0) is 20.1 Å². The molecule has 46 heavy (non-hydrogen) atoms. The Bertz CT molecular complexity index is 2220. The molecule has 229 valence electrons. The van der Waals surface area contributed by atoms with Crippen LogP contribution in [0.5, 0.6) is 0 Å². The summed E-state index contributed by atoms with van der Waals surface area (Å²) in [5.41, 5.74) is 8.49. The second-order valence-electron chi connectivity index (χ2n) is 12.0. The average molecular weight is 838 g/mol. The number of hydrogen-bond acceptors (Lipinski definition) is 4. The minimum absolute atomic E-state index is 0. The molecule has 4 aromatic carbocycles. The van der Waals surface area contributed by atoms with Crippen LogP contribution in [0.15, 0.2) is 126 Å². The molecule has 0 saturated heterocycles. The van der Waals surface area contributed by atoms with Crippen molar-refractivity contribution in [1.82, 2.24) is 19.5 Å². The molecule has 0 atom stereocenters. The minimum Gasteiger partial charge on any atom is -0.305 e. The number of furan rings is 1. The fraction of sp³-hybridized carbons (Fsp3) is 0.103. The molecule has 8 aromatic rings. The van der Waals surface area contributed by atoms with E-state index in [1.54, 1.807) is 6.20 Å². The maximum absolute atomic E-state index is 6.52. The summed E-state index contributed by atoms with van der Waals surface area (Å²) in [7, 11) is 0. The molecule has 0 fully saturated rings. The predicted octanol–water partition coefficient (Wildman–Crippen LogP) is 9.19. The first-order valence-electron chi connectivity index (χ1n) is 15.0. The molecule has 0 aliphatic rings. The third-order valence-electron chi connectivity index (χ3n) is 7.94. The fourth-order valence-electron chi connectivity index (χ4n) is 5.59. The number of para-hydroxylation sites is 1. The van der Waals surface area contributed by atoms with Crippen LogP contribution in [0.1, 0.15) is 5.69 Å². The number of benzene rings is 4. The van der Waals surface area contributed by atoms with Gasteiger partial charge < -0.3 is 4.98 Å². The second kappa shape index (κ2) is 13.2. The van der Waals surface area contributed by atoms with Gasteiger partial charge in [0.25, 0.3) is 0 Å². The number of imidazole rings is 1. The summed E-state index contributed by atoms with van der Waals surface area (Å²) < 4.78 is 10.1. The van der Waals surface area contributed by atoms with E-state index in [2.05, 4.69) is 80.3 Å². The molecule has 0 spiro atoms. The van der Waals surface area contributed by atoms with Crippen LogP contribution < -0.4 is 4.40 Å². The van der Waals surface area contributed by atoms with E-state index in [4.69, 9.17) is 9.40 Å². The van der Waals surface area contributed by atoms with Crippen molar-refractivity contribution >= 4 is 50.6 Å². The number of fused-ring (bicyclic) bond motifs is 4. The maximum atomic E-state index is 6.52. The first-order chi connectivity index (χ1) is 21.9. The molecule has 0 amide bonds. The van der Waals surface area contributed by atoms with Crippen molar-refractivity contribution in [2.75, 3.05) is 0 Å². The van der Waals surface area contributed by atoms with Gasteiger partial charge in [0.2, 0.25) is 0 Å². The van der Waals surface area contributed by atoms with E-state index in [9.17, 15) is 0 Å². The van der Waals surface area contributed by atoms with Gasteiger partial charge in [0.15, 0.2) is 0 Å². The predicted molar refractivity (Wildman–Crippen MR) is 187 cm³/mol. The smallest absolute Gasteiger partial charge is 0.0160 e. The van der Waals surface area contributed by atoms with E-state index in [1.807, 2.05) is 85.9 Å². The van der Waals surface area contributed by atoms with E-state index in [-0.39, 0.29) is 20.1 Å². The number of pyridine rings is 2. The van der Waals surface area contributed by atoms with Crippen LogP contribution in [0.4, 0.5) is 0 Å². The average Bonchev–Trinajstić information content (AvgIpc) is 3.65. The van der Waals surface area contributed by atoms with Gasteiger partial charge in [-0.3, -0.25) is 0 Å². The van der Waals surface area contributed by atoms with Gasteiger partial charge in [0.05, 0.1) is 0 Å². The Morgan fingerprint density at radius 1 is 0.739 bits per heavy atom. The fourth-order valence-corrected chi connectivity index (χ4v) is 8.00. The zero-order chi connectivity index (χ0) is 31.0. The van der Waals surface area contributed by atoms with Gasteiger partial charge in [-0.15, -0.1) is 35.9 Å². The number of rotatable bonds is 4. The molecule has 0 aliphatic heterocycles. The van der Waals surface area contributed by atoms with Crippen molar-refractivity contribution in [3.8, 4) is 28.3 Å². The SMILES string of the molecule is Cc1nccc2c1nc(-c1[c-]ccc3c1oc1c[c]([Ge]([CH3])([CH3])[CH3])ccc13)n2-c1ccccc1.[Ir].[c-]1ccccc1-c1ccccn1. The summed E-state index contributed by atoms with van der Waals surface area (Å²) in [6.45, 7) is 2.00. The molecular weight excluding hydrogens is 805 g/mol. The largest absolute Gasteiger partial charge is 0.305 e. The van der Waals surface area contributed by atoms with Gasteiger partial charge in [-0.05, 0) is 11.8 Å². The number of aromatic nitrogens is 4. The molecule has 4 heterocycles. The Hall–Kier alpha value is -4.36. The van der Waals surface area contributed by atoms with Crippen LogP contribution in [0.2, 0.25) is 17.3 Å². The second-order valence-corrected chi connectivity index (χ2v) is 22.7. The Balaban J connectivity index is 0.000000241. The van der Waals surface area contributed by atoms with Crippen molar-refractivity contribution in [3.05, 3.63) is 139 Å². The van der Waals surface area contributed by atoms with Gasteiger partial charge >= 0.3 is 196 Å². The molecule has 1 radical (unpaired) electrons. The van der Waals surface area contributed by atoms with Crippen molar-refractivity contribution in [2.24, 2.45) is 0 Å². The van der Waals surface area contributed by atoms with Crippen molar-refractivity contribution in [1.29, 1.82) is 0 Å². The molecule has 0 unspecified atom stereocenters. The molecule has 0 N–H and O–H groups in total. The van der Waals surface area contributed by atoms with Crippen LogP contribution in [0.3, 0.4) is 0 Å². The van der Waals surface area contributed by atoms with Crippen molar-refractivity contribution < 1.29 is 24.5 Å².